The molecule has 0 fully saturated rings. The van der Waals surface area contributed by atoms with Crippen molar-refractivity contribution in [2.45, 2.75) is 19.3 Å². The predicted molar refractivity (Wildman–Crippen MR) is 253 cm³/mol. The Balaban J connectivity index is 1.09. The molecular weight excluding hydrogens is 731 g/mol. The van der Waals surface area contributed by atoms with Gasteiger partial charge in [-0.25, -0.2) is 0 Å². The van der Waals surface area contributed by atoms with Gasteiger partial charge in [0.25, 0.3) is 0 Å². The zero-order valence-electron chi connectivity index (χ0n) is 33.1. The summed E-state index contributed by atoms with van der Waals surface area (Å²) in [5.74, 6) is 0. The fourth-order valence-electron chi connectivity index (χ4n) is 9.38. The van der Waals surface area contributed by atoms with E-state index in [0.29, 0.717) is 0 Å². The van der Waals surface area contributed by atoms with Crippen molar-refractivity contribution in [1.82, 2.24) is 0 Å². The predicted octanol–water partition coefficient (Wildman–Crippen LogP) is 16.5. The monoisotopic (exact) mass is 771 g/mol. The van der Waals surface area contributed by atoms with Crippen LogP contribution >= 0.6 is 11.3 Å². The topological polar surface area (TPSA) is 3.24 Å². The van der Waals surface area contributed by atoms with E-state index in [1.54, 1.807) is 0 Å². The summed E-state index contributed by atoms with van der Waals surface area (Å²) in [5, 5.41) is 2.63. The smallest absolute Gasteiger partial charge is 0.0540 e. The number of anilines is 3. The lowest BCUT2D eigenvalue weighted by atomic mass is 9.82. The van der Waals surface area contributed by atoms with Crippen LogP contribution in [0.15, 0.2) is 212 Å². The van der Waals surface area contributed by atoms with Crippen molar-refractivity contribution < 1.29 is 0 Å². The molecule has 10 aromatic rings. The summed E-state index contributed by atoms with van der Waals surface area (Å²) < 4.78 is 2.62. The molecule has 9 aromatic carbocycles. The first kappa shape index (κ1) is 35.2. The normalized spacial score (nSPS) is 12.7. The third-order valence-electron chi connectivity index (χ3n) is 12.3. The summed E-state index contributed by atoms with van der Waals surface area (Å²) in [7, 11) is 0. The summed E-state index contributed by atoms with van der Waals surface area (Å²) in [6.45, 7) is 4.72. The van der Waals surface area contributed by atoms with Gasteiger partial charge in [0.05, 0.1) is 11.4 Å². The van der Waals surface area contributed by atoms with Gasteiger partial charge in [-0.15, -0.1) is 11.3 Å². The minimum atomic E-state index is -0.0937. The highest BCUT2D eigenvalue weighted by Gasteiger charge is 2.37. The molecule has 1 aliphatic carbocycles. The van der Waals surface area contributed by atoms with Gasteiger partial charge in [-0.1, -0.05) is 190 Å². The molecule has 0 spiro atoms. The number of hydrogen-bond acceptors (Lipinski definition) is 2. The first-order valence-electron chi connectivity index (χ1n) is 20.4. The first-order valence-corrected chi connectivity index (χ1v) is 21.2. The summed E-state index contributed by atoms with van der Waals surface area (Å²) in [6.07, 6.45) is 0. The van der Waals surface area contributed by atoms with Gasteiger partial charge in [-0.2, -0.15) is 0 Å². The number of para-hydroxylation sites is 2. The maximum atomic E-state index is 2.48. The maximum absolute atomic E-state index is 2.48. The SMILES string of the molecule is CC1(C)c2ccccc2-c2c(-c3ccccc3N(c3ccc(-c4ccc(-c5ccccc5)cc4)cc3)c3ccccc3-c3ccc4c(c3)sc3ccccc34)cccc21. The van der Waals surface area contributed by atoms with Gasteiger partial charge in [0.2, 0.25) is 0 Å². The van der Waals surface area contributed by atoms with Crippen molar-refractivity contribution in [2.75, 3.05) is 4.90 Å². The second-order valence-electron chi connectivity index (χ2n) is 16.1. The fraction of sp³-hybridized carbons (Fsp3) is 0.0526. The average molecular weight is 772 g/mol. The van der Waals surface area contributed by atoms with Crippen LogP contribution in [0.1, 0.15) is 25.0 Å². The molecule has 0 unspecified atom stereocenters. The molecule has 0 amide bonds. The van der Waals surface area contributed by atoms with Crippen LogP contribution in [0.5, 0.6) is 0 Å². The molecule has 0 aliphatic heterocycles. The molecule has 11 rings (SSSR count). The summed E-state index contributed by atoms with van der Waals surface area (Å²) >= 11 is 1.87. The molecule has 0 saturated heterocycles. The Hall–Kier alpha value is -7.00. The van der Waals surface area contributed by atoms with Crippen LogP contribution in [0.3, 0.4) is 0 Å². The van der Waals surface area contributed by atoms with Crippen LogP contribution in [0.25, 0.3) is 75.8 Å². The van der Waals surface area contributed by atoms with E-state index in [9.17, 15) is 0 Å². The molecule has 2 heteroatoms. The lowest BCUT2D eigenvalue weighted by molar-refractivity contribution is 0.660. The van der Waals surface area contributed by atoms with Gasteiger partial charge in [-0.05, 0) is 92.0 Å². The number of hydrogen-bond donors (Lipinski definition) is 0. The molecule has 0 radical (unpaired) electrons. The van der Waals surface area contributed by atoms with Crippen molar-refractivity contribution in [2.24, 2.45) is 0 Å². The van der Waals surface area contributed by atoms with E-state index in [1.165, 1.54) is 86.9 Å². The highest BCUT2D eigenvalue weighted by molar-refractivity contribution is 7.25. The number of benzene rings is 9. The maximum Gasteiger partial charge on any atom is 0.0540 e. The minimum absolute atomic E-state index is 0.0937. The Morgan fingerprint density at radius 1 is 0.356 bits per heavy atom. The van der Waals surface area contributed by atoms with Crippen LogP contribution in [-0.4, -0.2) is 0 Å². The van der Waals surface area contributed by atoms with E-state index in [2.05, 4.69) is 231 Å². The van der Waals surface area contributed by atoms with E-state index in [1.807, 2.05) is 11.3 Å². The molecule has 0 saturated carbocycles. The van der Waals surface area contributed by atoms with Gasteiger partial charge in [-0.3, -0.25) is 0 Å². The summed E-state index contributed by atoms with van der Waals surface area (Å²) in [4.78, 5) is 2.48. The molecule has 1 heterocycles. The number of rotatable bonds is 7. The molecule has 0 atom stereocenters. The van der Waals surface area contributed by atoms with Crippen molar-refractivity contribution in [3.05, 3.63) is 223 Å². The Morgan fingerprint density at radius 2 is 0.864 bits per heavy atom. The number of nitrogens with zero attached hydrogens (tertiary/aromatic N) is 1. The second kappa shape index (κ2) is 14.1. The second-order valence-corrected chi connectivity index (χ2v) is 17.2. The minimum Gasteiger partial charge on any atom is -0.309 e. The van der Waals surface area contributed by atoms with E-state index in [-0.39, 0.29) is 5.41 Å². The molecule has 1 aliphatic rings. The molecule has 59 heavy (non-hydrogen) atoms. The van der Waals surface area contributed by atoms with Gasteiger partial charge >= 0.3 is 0 Å². The third kappa shape index (κ3) is 5.91. The number of thiophene rings is 1. The van der Waals surface area contributed by atoms with Crippen LogP contribution < -0.4 is 4.90 Å². The Kier molecular flexibility index (Phi) is 8.43. The van der Waals surface area contributed by atoms with Crippen molar-refractivity contribution in [1.29, 1.82) is 0 Å². The highest BCUT2D eigenvalue weighted by Crippen LogP contribution is 2.54. The van der Waals surface area contributed by atoms with Crippen LogP contribution in [0, 0.1) is 0 Å². The van der Waals surface area contributed by atoms with Gasteiger partial charge in [0.15, 0.2) is 0 Å². The van der Waals surface area contributed by atoms with Crippen LogP contribution in [0.4, 0.5) is 17.1 Å². The molecule has 280 valence electrons. The van der Waals surface area contributed by atoms with E-state index in [4.69, 9.17) is 0 Å². The third-order valence-corrected chi connectivity index (χ3v) is 13.5. The number of fused-ring (bicyclic) bond motifs is 6. The average Bonchev–Trinajstić information content (AvgIpc) is 3.79. The van der Waals surface area contributed by atoms with Crippen molar-refractivity contribution in [3.8, 4) is 55.6 Å². The quantitative estimate of drug-likeness (QED) is 0.156. The Morgan fingerprint density at radius 3 is 1.61 bits per heavy atom. The van der Waals surface area contributed by atoms with Gasteiger partial charge in [0.1, 0.15) is 0 Å². The Labute approximate surface area is 350 Å². The lowest BCUT2D eigenvalue weighted by Gasteiger charge is -2.30. The molecule has 0 bridgehead atoms. The molecular formula is C57H41NS. The molecule has 1 nitrogen and oxygen atoms in total. The molecule has 1 aromatic heterocycles. The zero-order chi connectivity index (χ0) is 39.5. The highest BCUT2D eigenvalue weighted by atomic mass is 32.1. The standard InChI is InChI=1S/C57H41NS/c1-57(2)50-22-10-6-20-49(50)56-48(21-14-23-51(56)57)45-18-8-12-25-53(45)58(43-34-31-41(32-35-43)40-29-27-39(28-30-40)38-15-4-3-5-16-38)52-24-11-7-17-44(52)42-33-36-47-46-19-9-13-26-54(46)59-55(47)37-42/h3-37H,1-2H3. The van der Waals surface area contributed by atoms with Gasteiger partial charge in [0, 0.05) is 42.4 Å². The summed E-state index contributed by atoms with van der Waals surface area (Å²) in [5.41, 5.74) is 18.4. The van der Waals surface area contributed by atoms with E-state index in [0.717, 1.165) is 17.1 Å². The largest absolute Gasteiger partial charge is 0.309 e. The van der Waals surface area contributed by atoms with Crippen molar-refractivity contribution in [3.63, 3.8) is 0 Å². The lowest BCUT2D eigenvalue weighted by Crippen LogP contribution is -2.15. The fourth-order valence-corrected chi connectivity index (χ4v) is 10.5. The van der Waals surface area contributed by atoms with E-state index < -0.39 is 0 Å². The first-order chi connectivity index (χ1) is 29.0. The molecule has 0 N–H and O–H groups in total. The van der Waals surface area contributed by atoms with Crippen molar-refractivity contribution >= 4 is 48.6 Å². The summed E-state index contributed by atoms with van der Waals surface area (Å²) in [6, 6.07) is 78.1. The van der Waals surface area contributed by atoms with Crippen LogP contribution in [0.2, 0.25) is 0 Å². The Bertz CT molecular complexity index is 3170. The zero-order valence-corrected chi connectivity index (χ0v) is 33.9. The van der Waals surface area contributed by atoms with Gasteiger partial charge < -0.3 is 4.90 Å². The van der Waals surface area contributed by atoms with Crippen LogP contribution in [-0.2, 0) is 5.41 Å². The van der Waals surface area contributed by atoms with E-state index >= 15 is 0 Å².